The number of hydrogen-bond donors (Lipinski definition) is 2. The van der Waals surface area contributed by atoms with E-state index >= 15 is 0 Å². The van der Waals surface area contributed by atoms with Gasteiger partial charge in [-0.05, 0) is 41.8 Å². The zero-order valence-electron chi connectivity index (χ0n) is 18.4. The maximum absolute atomic E-state index is 12.7. The minimum Gasteiger partial charge on any atom is -0.497 e. The van der Waals surface area contributed by atoms with E-state index in [0.717, 1.165) is 12.1 Å². The molecule has 0 fully saturated rings. The largest absolute Gasteiger partial charge is 0.497 e. The number of rotatable bonds is 8. The maximum atomic E-state index is 12.7. The monoisotopic (exact) mass is 462 g/mol. The number of benzene rings is 2. The quantitative estimate of drug-likeness (QED) is 0.529. The van der Waals surface area contributed by atoms with E-state index in [9.17, 15) is 18.0 Å². The van der Waals surface area contributed by atoms with Crippen LogP contribution in [0.3, 0.4) is 0 Å². The molecule has 33 heavy (non-hydrogen) atoms. The van der Waals surface area contributed by atoms with E-state index in [-0.39, 0.29) is 6.54 Å². The van der Waals surface area contributed by atoms with Gasteiger partial charge in [-0.2, -0.15) is 13.2 Å². The Bertz CT molecular complexity index is 1060. The second-order valence-electron chi connectivity index (χ2n) is 7.32. The van der Waals surface area contributed by atoms with Crippen LogP contribution in [-0.2, 0) is 19.6 Å². The van der Waals surface area contributed by atoms with E-state index in [1.54, 1.807) is 35.2 Å². The van der Waals surface area contributed by atoms with Crippen molar-refractivity contribution in [2.45, 2.75) is 18.6 Å². The fourth-order valence-corrected chi connectivity index (χ4v) is 3.31. The molecule has 1 aromatic heterocycles. The summed E-state index contributed by atoms with van der Waals surface area (Å²) in [5.41, 5.74) is 0.684. The molecule has 176 valence electrons. The van der Waals surface area contributed by atoms with Crippen molar-refractivity contribution in [3.8, 4) is 11.5 Å². The van der Waals surface area contributed by atoms with Gasteiger partial charge in [-0.1, -0.05) is 12.1 Å². The first-order chi connectivity index (χ1) is 15.7. The zero-order valence-corrected chi connectivity index (χ0v) is 18.4. The highest BCUT2D eigenvalue weighted by molar-refractivity contribution is 5.75. The van der Waals surface area contributed by atoms with Gasteiger partial charge in [0.1, 0.15) is 23.4 Å². The van der Waals surface area contributed by atoms with Gasteiger partial charge in [0.15, 0.2) is 0 Å². The third kappa shape index (κ3) is 6.18. The predicted octanol–water partition coefficient (Wildman–Crippen LogP) is 4.09. The van der Waals surface area contributed by atoms with Crippen molar-refractivity contribution in [1.29, 1.82) is 0 Å². The van der Waals surface area contributed by atoms with Crippen molar-refractivity contribution in [3.05, 3.63) is 77.4 Å². The summed E-state index contributed by atoms with van der Waals surface area (Å²) in [6.45, 7) is 0.242. The molecule has 0 saturated carbocycles. The Kier molecular flexibility index (Phi) is 7.47. The fraction of sp³-hybridized carbons (Fsp3) is 0.304. The molecule has 2 amide bonds. The lowest BCUT2D eigenvalue weighted by molar-refractivity contribution is -0.137. The second-order valence-corrected chi connectivity index (χ2v) is 7.32. The smallest absolute Gasteiger partial charge is 0.416 e. The number of carbonyl (C=O) groups is 1. The lowest BCUT2D eigenvalue weighted by Crippen LogP contribution is -2.40. The number of alkyl halides is 3. The lowest BCUT2D eigenvalue weighted by Gasteiger charge is -2.21. The first-order valence-electron chi connectivity index (χ1n) is 10.1. The number of imidazole rings is 1. The van der Waals surface area contributed by atoms with E-state index in [1.807, 2.05) is 7.05 Å². The number of nitrogens with zero attached hydrogens (tertiary/aromatic N) is 2. The average molecular weight is 462 g/mol. The average Bonchev–Trinajstić information content (AvgIpc) is 3.22. The molecule has 3 rings (SSSR count). The summed E-state index contributed by atoms with van der Waals surface area (Å²) in [7, 11) is 4.89. The third-order valence-corrected chi connectivity index (χ3v) is 5.08. The summed E-state index contributed by atoms with van der Waals surface area (Å²) < 4.78 is 50.5. The molecule has 1 heterocycles. The van der Waals surface area contributed by atoms with Crippen LogP contribution in [0.25, 0.3) is 0 Å². The Hall–Kier alpha value is -3.69. The van der Waals surface area contributed by atoms with Crippen LogP contribution in [0.5, 0.6) is 11.5 Å². The number of hydrogen-bond acceptors (Lipinski definition) is 4. The molecule has 0 aliphatic heterocycles. The molecule has 2 N–H and O–H groups in total. The Morgan fingerprint density at radius 1 is 1.09 bits per heavy atom. The number of aryl methyl sites for hydroxylation is 1. The van der Waals surface area contributed by atoms with Crippen LogP contribution in [0.2, 0.25) is 0 Å². The number of urea groups is 1. The first-order valence-corrected chi connectivity index (χ1v) is 10.1. The number of carbonyl (C=O) groups excluding carboxylic acids is 1. The van der Waals surface area contributed by atoms with E-state index in [0.29, 0.717) is 34.9 Å². The molecule has 0 radical (unpaired) electrons. The van der Waals surface area contributed by atoms with Gasteiger partial charge in [-0.3, -0.25) is 0 Å². The fourth-order valence-electron chi connectivity index (χ4n) is 3.31. The van der Waals surface area contributed by atoms with Gasteiger partial charge in [0.05, 0.1) is 19.8 Å². The van der Waals surface area contributed by atoms with Crippen LogP contribution in [0.1, 0.15) is 28.6 Å². The minimum atomic E-state index is -4.38. The lowest BCUT2D eigenvalue weighted by atomic mass is 10.1. The Morgan fingerprint density at radius 2 is 1.73 bits per heavy atom. The van der Waals surface area contributed by atoms with Gasteiger partial charge < -0.3 is 24.7 Å². The highest BCUT2D eigenvalue weighted by atomic mass is 19.4. The summed E-state index contributed by atoms with van der Waals surface area (Å²) in [5.74, 6) is 1.73. The Labute approximate surface area is 189 Å². The molecule has 7 nitrogen and oxygen atoms in total. The van der Waals surface area contributed by atoms with Crippen LogP contribution >= 0.6 is 0 Å². The summed E-state index contributed by atoms with van der Waals surface area (Å²) in [4.78, 5) is 17.0. The molecule has 0 spiro atoms. The first kappa shape index (κ1) is 24.0. The molecule has 3 aromatic rings. The van der Waals surface area contributed by atoms with Gasteiger partial charge in [0.25, 0.3) is 0 Å². The van der Waals surface area contributed by atoms with Crippen LogP contribution < -0.4 is 20.1 Å². The normalized spacial score (nSPS) is 12.2. The zero-order chi connectivity index (χ0) is 24.0. The highest BCUT2D eigenvalue weighted by Crippen LogP contribution is 2.30. The van der Waals surface area contributed by atoms with Crippen molar-refractivity contribution in [3.63, 3.8) is 0 Å². The van der Waals surface area contributed by atoms with E-state index < -0.39 is 23.8 Å². The van der Waals surface area contributed by atoms with Gasteiger partial charge in [-0.15, -0.1) is 0 Å². The SMILES string of the molecule is COc1cc(OC)cc(C(NC(=O)NCCc2ccc(C(F)(F)F)cc2)c2nccn2C)c1. The van der Waals surface area contributed by atoms with Crippen molar-refractivity contribution in [2.75, 3.05) is 20.8 Å². The molecule has 2 aromatic carbocycles. The highest BCUT2D eigenvalue weighted by Gasteiger charge is 2.30. The molecular formula is C23H25F3N4O3. The summed E-state index contributed by atoms with van der Waals surface area (Å²) in [5, 5.41) is 5.64. The molecule has 1 atom stereocenters. The van der Waals surface area contributed by atoms with Gasteiger partial charge >= 0.3 is 12.2 Å². The van der Waals surface area contributed by atoms with Crippen molar-refractivity contribution >= 4 is 6.03 Å². The van der Waals surface area contributed by atoms with E-state index in [4.69, 9.17) is 9.47 Å². The minimum absolute atomic E-state index is 0.242. The standard InChI is InChI=1S/C23H25F3N4O3/c1-30-11-10-27-21(30)20(16-12-18(32-2)14-19(13-16)33-3)29-22(31)28-9-8-15-4-6-17(7-5-15)23(24,25)26/h4-7,10-14,20H,8-9H2,1-3H3,(H2,28,29,31). The number of methoxy groups -OCH3 is 2. The number of ether oxygens (including phenoxy) is 2. The van der Waals surface area contributed by atoms with Crippen LogP contribution in [0.4, 0.5) is 18.0 Å². The van der Waals surface area contributed by atoms with Gasteiger partial charge in [0, 0.05) is 32.1 Å². The second kappa shape index (κ2) is 10.3. The van der Waals surface area contributed by atoms with Crippen LogP contribution in [0, 0.1) is 0 Å². The third-order valence-electron chi connectivity index (χ3n) is 5.08. The summed E-state index contributed by atoms with van der Waals surface area (Å²) >= 11 is 0. The summed E-state index contributed by atoms with van der Waals surface area (Å²) in [6, 6.07) is 9.11. The molecular weight excluding hydrogens is 437 g/mol. The molecule has 0 saturated heterocycles. The topological polar surface area (TPSA) is 77.4 Å². The Balaban J connectivity index is 1.69. The summed E-state index contributed by atoms with van der Waals surface area (Å²) in [6.07, 6.45) is -0.598. The molecule has 1 unspecified atom stereocenters. The number of halogens is 3. The van der Waals surface area contributed by atoms with Crippen molar-refractivity contribution < 1.29 is 27.4 Å². The van der Waals surface area contributed by atoms with Crippen LogP contribution in [0.15, 0.2) is 54.9 Å². The predicted molar refractivity (Wildman–Crippen MR) is 116 cm³/mol. The van der Waals surface area contributed by atoms with Gasteiger partial charge in [-0.25, -0.2) is 9.78 Å². The van der Waals surface area contributed by atoms with Gasteiger partial charge in [0.2, 0.25) is 0 Å². The van der Waals surface area contributed by atoms with E-state index in [2.05, 4.69) is 15.6 Å². The van der Waals surface area contributed by atoms with Crippen LogP contribution in [-0.4, -0.2) is 36.3 Å². The number of aromatic nitrogens is 2. The molecule has 0 bridgehead atoms. The molecule has 10 heteroatoms. The maximum Gasteiger partial charge on any atom is 0.416 e. The molecule has 0 aliphatic carbocycles. The number of nitrogens with one attached hydrogen (secondary N) is 2. The van der Waals surface area contributed by atoms with Crippen molar-refractivity contribution in [2.24, 2.45) is 7.05 Å². The van der Waals surface area contributed by atoms with Crippen molar-refractivity contribution in [1.82, 2.24) is 20.2 Å². The Morgan fingerprint density at radius 3 is 2.24 bits per heavy atom. The molecule has 0 aliphatic rings. The number of amides is 2. The van der Waals surface area contributed by atoms with E-state index in [1.165, 1.54) is 26.4 Å².